The fourth-order valence-electron chi connectivity index (χ4n) is 4.66. The van der Waals surface area contributed by atoms with Gasteiger partial charge in [0.15, 0.2) is 11.5 Å². The van der Waals surface area contributed by atoms with Crippen molar-refractivity contribution >= 4 is 44.9 Å². The molecule has 0 bridgehead atoms. The number of thiophene rings is 1. The van der Waals surface area contributed by atoms with Crippen molar-refractivity contribution in [3.8, 4) is 11.5 Å². The van der Waals surface area contributed by atoms with Gasteiger partial charge >= 0.3 is 0 Å². The third-order valence-electron chi connectivity index (χ3n) is 6.55. The summed E-state index contributed by atoms with van der Waals surface area (Å²) < 4.78 is 10.8. The summed E-state index contributed by atoms with van der Waals surface area (Å²) in [6, 6.07) is 15.5. The molecule has 1 amide bonds. The van der Waals surface area contributed by atoms with E-state index in [1.54, 1.807) is 31.9 Å². The van der Waals surface area contributed by atoms with E-state index in [1.165, 1.54) is 28.6 Å². The first-order chi connectivity index (χ1) is 17.6. The normalized spacial score (nSPS) is 14.9. The highest BCUT2D eigenvalue weighted by Gasteiger charge is 2.24. The van der Waals surface area contributed by atoms with Crippen LogP contribution in [0.2, 0.25) is 0 Å². The minimum atomic E-state index is 0.0190. The molecule has 0 saturated heterocycles. The summed E-state index contributed by atoms with van der Waals surface area (Å²) in [5.74, 6) is 2.31. The first-order valence-corrected chi connectivity index (χ1v) is 13.8. The second-order valence-corrected chi connectivity index (χ2v) is 11.1. The lowest BCUT2D eigenvalue weighted by Crippen LogP contribution is -2.32. The Labute approximate surface area is 219 Å². The van der Waals surface area contributed by atoms with Gasteiger partial charge in [-0.2, -0.15) is 0 Å². The molecular weight excluding hydrogens is 490 g/mol. The molecule has 4 aromatic rings. The predicted molar refractivity (Wildman–Crippen MR) is 147 cm³/mol. The summed E-state index contributed by atoms with van der Waals surface area (Å²) in [6.45, 7) is 2.73. The van der Waals surface area contributed by atoms with Crippen LogP contribution >= 0.6 is 23.1 Å². The highest BCUT2D eigenvalue weighted by Crippen LogP contribution is 2.40. The number of hydrogen-bond donors (Lipinski definition) is 0. The number of carbonyl (C=O) groups excluding carboxylic acids is 1. The molecule has 1 aliphatic rings. The average Bonchev–Trinajstić information content (AvgIpc) is 3.28. The number of hydrogen-bond acceptors (Lipinski definition) is 7. The van der Waals surface area contributed by atoms with Crippen molar-refractivity contribution in [3.05, 3.63) is 70.9 Å². The Balaban J connectivity index is 1.39. The van der Waals surface area contributed by atoms with Gasteiger partial charge in [-0.1, -0.05) is 43.0 Å². The van der Waals surface area contributed by atoms with Crippen molar-refractivity contribution in [3.63, 3.8) is 0 Å². The Bertz CT molecular complexity index is 1370. The van der Waals surface area contributed by atoms with Gasteiger partial charge in [0.25, 0.3) is 0 Å². The second-order valence-electron chi connectivity index (χ2n) is 9.00. The molecule has 36 heavy (non-hydrogen) atoms. The number of benzene rings is 2. The SMILES string of the molecule is COc1ccc(CN(C(=O)CSc2ncnc3sc4c(c23)CC[C@H](C)C4)c2ccccc2)cc1OC. The molecule has 1 aliphatic carbocycles. The van der Waals surface area contributed by atoms with E-state index in [4.69, 9.17) is 9.47 Å². The van der Waals surface area contributed by atoms with E-state index in [9.17, 15) is 4.79 Å². The van der Waals surface area contributed by atoms with E-state index in [1.807, 2.05) is 53.4 Å². The molecule has 0 saturated carbocycles. The van der Waals surface area contributed by atoms with Gasteiger partial charge < -0.3 is 14.4 Å². The van der Waals surface area contributed by atoms with E-state index >= 15 is 0 Å². The minimum absolute atomic E-state index is 0.0190. The van der Waals surface area contributed by atoms with Crippen LogP contribution in [0.3, 0.4) is 0 Å². The average molecular weight is 520 g/mol. The van der Waals surface area contributed by atoms with Crippen LogP contribution in [0.25, 0.3) is 10.2 Å². The van der Waals surface area contributed by atoms with Crippen LogP contribution in [0.15, 0.2) is 59.9 Å². The lowest BCUT2D eigenvalue weighted by atomic mass is 9.89. The summed E-state index contributed by atoms with van der Waals surface area (Å²) in [7, 11) is 3.23. The van der Waals surface area contributed by atoms with Crippen LogP contribution in [0.5, 0.6) is 11.5 Å². The monoisotopic (exact) mass is 519 g/mol. The van der Waals surface area contributed by atoms with E-state index in [-0.39, 0.29) is 11.7 Å². The van der Waals surface area contributed by atoms with Crippen LogP contribution < -0.4 is 14.4 Å². The maximum absolute atomic E-state index is 13.6. The maximum atomic E-state index is 13.6. The third-order valence-corrected chi connectivity index (χ3v) is 8.68. The molecule has 0 fully saturated rings. The molecule has 0 spiro atoms. The molecule has 0 N–H and O–H groups in total. The number of nitrogens with zero attached hydrogens (tertiary/aromatic N) is 3. The summed E-state index contributed by atoms with van der Waals surface area (Å²) >= 11 is 3.28. The van der Waals surface area contributed by atoms with Crippen molar-refractivity contribution in [2.45, 2.75) is 37.8 Å². The first-order valence-electron chi connectivity index (χ1n) is 12.0. The van der Waals surface area contributed by atoms with E-state index < -0.39 is 0 Å². The third kappa shape index (κ3) is 5.06. The zero-order valence-corrected chi connectivity index (χ0v) is 22.3. The molecule has 0 aliphatic heterocycles. The zero-order valence-electron chi connectivity index (χ0n) is 20.7. The summed E-state index contributed by atoms with van der Waals surface area (Å²) in [6.07, 6.45) is 4.97. The molecule has 6 nitrogen and oxygen atoms in total. The van der Waals surface area contributed by atoms with Crippen molar-refractivity contribution in [2.75, 3.05) is 24.9 Å². The molecule has 186 valence electrons. The number of amides is 1. The first kappa shape index (κ1) is 24.6. The van der Waals surface area contributed by atoms with E-state index in [2.05, 4.69) is 16.9 Å². The van der Waals surface area contributed by atoms with Crippen molar-refractivity contribution in [2.24, 2.45) is 5.92 Å². The van der Waals surface area contributed by atoms with Crippen molar-refractivity contribution in [1.29, 1.82) is 0 Å². The molecule has 2 aromatic carbocycles. The van der Waals surface area contributed by atoms with E-state index in [0.717, 1.165) is 39.3 Å². The number of aromatic nitrogens is 2. The van der Waals surface area contributed by atoms with Crippen molar-refractivity contribution < 1.29 is 14.3 Å². The van der Waals surface area contributed by atoms with Gasteiger partial charge in [0.1, 0.15) is 16.2 Å². The number of thioether (sulfide) groups is 1. The lowest BCUT2D eigenvalue weighted by Gasteiger charge is -2.23. The summed E-state index contributed by atoms with van der Waals surface area (Å²) in [4.78, 5) is 27.0. The van der Waals surface area contributed by atoms with Crippen molar-refractivity contribution in [1.82, 2.24) is 9.97 Å². The number of fused-ring (bicyclic) bond motifs is 3. The Kier molecular flexibility index (Phi) is 7.43. The van der Waals surface area contributed by atoms with Gasteiger partial charge in [0, 0.05) is 16.0 Å². The minimum Gasteiger partial charge on any atom is -0.493 e. The van der Waals surface area contributed by atoms with Crippen LogP contribution in [0.1, 0.15) is 29.3 Å². The number of para-hydroxylation sites is 1. The number of ether oxygens (including phenoxy) is 2. The number of anilines is 1. The maximum Gasteiger partial charge on any atom is 0.237 e. The fraction of sp³-hybridized carbons (Fsp3) is 0.321. The fourth-order valence-corrected chi connectivity index (χ4v) is 6.97. The lowest BCUT2D eigenvalue weighted by molar-refractivity contribution is -0.116. The van der Waals surface area contributed by atoms with Gasteiger partial charge in [-0.05, 0) is 60.6 Å². The molecule has 0 radical (unpaired) electrons. The quantitative estimate of drug-likeness (QED) is 0.205. The number of carbonyl (C=O) groups is 1. The summed E-state index contributed by atoms with van der Waals surface area (Å²) in [5.41, 5.74) is 3.20. The number of aryl methyl sites for hydroxylation is 1. The molecule has 0 unspecified atom stereocenters. The summed E-state index contributed by atoms with van der Waals surface area (Å²) in [5, 5.41) is 2.05. The van der Waals surface area contributed by atoms with Crippen LogP contribution in [0, 0.1) is 5.92 Å². The van der Waals surface area contributed by atoms with Gasteiger partial charge in [0.2, 0.25) is 5.91 Å². The van der Waals surface area contributed by atoms with Gasteiger partial charge in [-0.15, -0.1) is 11.3 Å². The topological polar surface area (TPSA) is 64.5 Å². The molecule has 1 atom stereocenters. The molecule has 5 rings (SSSR count). The smallest absolute Gasteiger partial charge is 0.237 e. The molecule has 2 aromatic heterocycles. The Morgan fingerprint density at radius 3 is 2.69 bits per heavy atom. The van der Waals surface area contributed by atoms with Crippen LogP contribution in [-0.4, -0.2) is 35.8 Å². The van der Waals surface area contributed by atoms with Gasteiger partial charge in [0.05, 0.1) is 26.5 Å². The molecule has 8 heteroatoms. The Morgan fingerprint density at radius 1 is 1.11 bits per heavy atom. The second kappa shape index (κ2) is 10.9. The molecular formula is C28H29N3O3S2. The Hall–Kier alpha value is -3.10. The number of rotatable bonds is 8. The van der Waals surface area contributed by atoms with Gasteiger partial charge in [-0.3, -0.25) is 4.79 Å². The van der Waals surface area contributed by atoms with Crippen LogP contribution in [0.4, 0.5) is 5.69 Å². The highest BCUT2D eigenvalue weighted by atomic mass is 32.2. The number of methoxy groups -OCH3 is 2. The highest BCUT2D eigenvalue weighted by molar-refractivity contribution is 8.00. The van der Waals surface area contributed by atoms with E-state index in [0.29, 0.717) is 24.0 Å². The van der Waals surface area contributed by atoms with Crippen LogP contribution in [-0.2, 0) is 24.2 Å². The largest absolute Gasteiger partial charge is 0.493 e. The van der Waals surface area contributed by atoms with Gasteiger partial charge in [-0.25, -0.2) is 9.97 Å². The molecule has 2 heterocycles. The Morgan fingerprint density at radius 2 is 1.92 bits per heavy atom. The standard InChI is InChI=1S/C28H29N3O3S2/c1-18-9-11-21-24(13-18)36-28-26(21)27(29-17-30-28)35-16-25(32)31(20-7-5-4-6-8-20)15-19-10-12-22(33-2)23(14-19)34-3/h4-8,10,12,14,17-18H,9,11,13,15-16H2,1-3H3/t18-/m0/s1. The predicted octanol–water partition coefficient (Wildman–Crippen LogP) is 6.16. The zero-order chi connectivity index (χ0) is 25.1.